The highest BCUT2D eigenvalue weighted by atomic mass is 32.2. The third kappa shape index (κ3) is 2.84. The van der Waals surface area contributed by atoms with Crippen molar-refractivity contribution in [3.8, 4) is 0 Å². The minimum atomic E-state index is 0.0145. The van der Waals surface area contributed by atoms with Gasteiger partial charge in [-0.05, 0) is 25.5 Å². The largest absolute Gasteiger partial charge is 0.313 e. The van der Waals surface area contributed by atoms with E-state index in [2.05, 4.69) is 6.92 Å². The van der Waals surface area contributed by atoms with Crippen LogP contribution in [0.3, 0.4) is 0 Å². The molecule has 0 N–H and O–H groups in total. The van der Waals surface area contributed by atoms with Crippen molar-refractivity contribution in [1.29, 1.82) is 0 Å². The molecule has 0 bridgehead atoms. The second kappa shape index (κ2) is 5.78. The second-order valence-electron chi connectivity index (χ2n) is 4.88. The van der Waals surface area contributed by atoms with Crippen LogP contribution in [0, 0.1) is 0 Å². The Morgan fingerprint density at radius 3 is 2.79 bits per heavy atom. The number of Topliss-reactive ketones (excluding diaryl/α,β-unsaturated/α-hetero) is 1. The van der Waals surface area contributed by atoms with Gasteiger partial charge in [0.15, 0.2) is 5.78 Å². The average Bonchev–Trinajstić information content (AvgIpc) is 2.40. The molecule has 19 heavy (non-hydrogen) atoms. The molecule has 0 saturated heterocycles. The average molecular weight is 277 g/mol. The molecule has 0 spiro atoms. The molecule has 0 radical (unpaired) electrons. The summed E-state index contributed by atoms with van der Waals surface area (Å²) in [7, 11) is 1.80. The van der Waals surface area contributed by atoms with E-state index in [0.29, 0.717) is 5.56 Å². The van der Waals surface area contributed by atoms with Gasteiger partial charge in [0.25, 0.3) is 0 Å². The number of hydrogen-bond acceptors (Lipinski definition) is 3. The van der Waals surface area contributed by atoms with Crippen molar-refractivity contribution in [3.05, 3.63) is 23.8 Å². The van der Waals surface area contributed by atoms with Crippen molar-refractivity contribution in [1.82, 2.24) is 0 Å². The summed E-state index contributed by atoms with van der Waals surface area (Å²) in [6.07, 6.45) is 3.08. The Morgan fingerprint density at radius 2 is 2.16 bits per heavy atom. The molecule has 3 nitrogen and oxygen atoms in total. The molecule has 0 aliphatic carbocycles. The van der Waals surface area contributed by atoms with E-state index in [0.717, 1.165) is 29.8 Å². The SMILES string of the molecule is CCCCC1Sc2ccc(C(C)=O)cc2N(C)C1=O. The zero-order valence-electron chi connectivity index (χ0n) is 11.6. The van der Waals surface area contributed by atoms with Gasteiger partial charge in [0.05, 0.1) is 10.9 Å². The molecule has 1 unspecified atom stereocenters. The second-order valence-corrected chi connectivity index (χ2v) is 6.13. The number of rotatable bonds is 4. The number of anilines is 1. The minimum Gasteiger partial charge on any atom is -0.313 e. The Hall–Kier alpha value is -1.29. The van der Waals surface area contributed by atoms with Crippen LogP contribution >= 0.6 is 11.8 Å². The highest BCUT2D eigenvalue weighted by molar-refractivity contribution is 8.01. The number of ketones is 1. The number of hydrogen-bond donors (Lipinski definition) is 0. The lowest BCUT2D eigenvalue weighted by atomic mass is 10.1. The summed E-state index contributed by atoms with van der Waals surface area (Å²) >= 11 is 1.63. The van der Waals surface area contributed by atoms with Crippen LogP contribution in [0.2, 0.25) is 0 Å². The number of carbonyl (C=O) groups is 2. The van der Waals surface area contributed by atoms with Crippen LogP contribution in [0.25, 0.3) is 0 Å². The Balaban J connectivity index is 2.30. The van der Waals surface area contributed by atoms with Crippen LogP contribution < -0.4 is 4.90 Å². The van der Waals surface area contributed by atoms with E-state index in [1.54, 1.807) is 30.6 Å². The third-order valence-electron chi connectivity index (χ3n) is 3.42. The van der Waals surface area contributed by atoms with Gasteiger partial charge in [-0.2, -0.15) is 0 Å². The highest BCUT2D eigenvalue weighted by Gasteiger charge is 2.31. The first-order valence-corrected chi connectivity index (χ1v) is 7.51. The Bertz CT molecular complexity index is 513. The number of benzene rings is 1. The molecule has 1 heterocycles. The Labute approximate surface area is 118 Å². The molecule has 2 rings (SSSR count). The van der Waals surface area contributed by atoms with Gasteiger partial charge in [-0.1, -0.05) is 25.8 Å². The maximum Gasteiger partial charge on any atom is 0.240 e. The van der Waals surface area contributed by atoms with E-state index in [4.69, 9.17) is 0 Å². The summed E-state index contributed by atoms with van der Waals surface area (Å²) in [6, 6.07) is 5.62. The molecule has 0 saturated carbocycles. The van der Waals surface area contributed by atoms with Gasteiger partial charge in [-0.25, -0.2) is 0 Å². The topological polar surface area (TPSA) is 37.4 Å². The van der Waals surface area contributed by atoms with E-state index < -0.39 is 0 Å². The Kier molecular flexibility index (Phi) is 4.30. The number of thioether (sulfide) groups is 1. The molecule has 1 atom stereocenters. The minimum absolute atomic E-state index is 0.0145. The summed E-state index contributed by atoms with van der Waals surface area (Å²) in [5.74, 6) is 0.174. The summed E-state index contributed by atoms with van der Waals surface area (Å²) in [4.78, 5) is 26.5. The lowest BCUT2D eigenvalue weighted by molar-refractivity contribution is -0.118. The fourth-order valence-corrected chi connectivity index (χ4v) is 3.52. The van der Waals surface area contributed by atoms with Crippen molar-refractivity contribution >= 4 is 29.1 Å². The quantitative estimate of drug-likeness (QED) is 0.790. The lowest BCUT2D eigenvalue weighted by Gasteiger charge is -2.31. The molecule has 0 aromatic heterocycles. The predicted molar refractivity (Wildman–Crippen MR) is 79.0 cm³/mol. The number of fused-ring (bicyclic) bond motifs is 1. The summed E-state index contributed by atoms with van der Waals surface area (Å²) in [5, 5.41) is 0.0145. The molecule has 1 aliphatic heterocycles. The smallest absolute Gasteiger partial charge is 0.240 e. The van der Waals surface area contributed by atoms with Gasteiger partial charge in [0, 0.05) is 17.5 Å². The molecule has 1 aliphatic rings. The van der Waals surface area contributed by atoms with E-state index in [-0.39, 0.29) is 16.9 Å². The van der Waals surface area contributed by atoms with E-state index in [1.807, 2.05) is 18.2 Å². The maximum absolute atomic E-state index is 12.3. The fourth-order valence-electron chi connectivity index (χ4n) is 2.21. The lowest BCUT2D eigenvalue weighted by Crippen LogP contribution is -2.38. The maximum atomic E-state index is 12.3. The van der Waals surface area contributed by atoms with E-state index in [1.165, 1.54) is 0 Å². The molecular formula is C15H19NO2S. The monoisotopic (exact) mass is 277 g/mol. The van der Waals surface area contributed by atoms with Crippen molar-refractivity contribution in [3.63, 3.8) is 0 Å². The molecular weight excluding hydrogens is 258 g/mol. The number of carbonyl (C=O) groups excluding carboxylic acids is 2. The number of nitrogens with zero attached hydrogens (tertiary/aromatic N) is 1. The molecule has 1 aromatic rings. The third-order valence-corrected chi connectivity index (χ3v) is 4.74. The van der Waals surface area contributed by atoms with Gasteiger partial charge < -0.3 is 4.90 Å². The Morgan fingerprint density at radius 1 is 1.42 bits per heavy atom. The van der Waals surface area contributed by atoms with Crippen LogP contribution in [0.1, 0.15) is 43.5 Å². The van der Waals surface area contributed by atoms with E-state index in [9.17, 15) is 9.59 Å². The molecule has 1 aromatic carbocycles. The van der Waals surface area contributed by atoms with Crippen LogP contribution in [-0.2, 0) is 4.79 Å². The van der Waals surface area contributed by atoms with Gasteiger partial charge in [-0.15, -0.1) is 11.8 Å². The van der Waals surface area contributed by atoms with Crippen LogP contribution in [-0.4, -0.2) is 24.0 Å². The molecule has 102 valence electrons. The van der Waals surface area contributed by atoms with Crippen molar-refractivity contribution < 1.29 is 9.59 Å². The number of unbranched alkanes of at least 4 members (excludes halogenated alkanes) is 1. The van der Waals surface area contributed by atoms with Crippen LogP contribution in [0.4, 0.5) is 5.69 Å². The first-order valence-electron chi connectivity index (χ1n) is 6.63. The van der Waals surface area contributed by atoms with Gasteiger partial charge in [0.2, 0.25) is 5.91 Å². The van der Waals surface area contributed by atoms with E-state index >= 15 is 0 Å². The normalized spacial score (nSPS) is 18.4. The number of amides is 1. The van der Waals surface area contributed by atoms with Crippen LogP contribution in [0.15, 0.2) is 23.1 Å². The van der Waals surface area contributed by atoms with Crippen molar-refractivity contribution in [2.75, 3.05) is 11.9 Å². The molecule has 1 amide bonds. The molecule has 4 heteroatoms. The van der Waals surface area contributed by atoms with Crippen molar-refractivity contribution in [2.24, 2.45) is 0 Å². The summed E-state index contributed by atoms with van der Waals surface area (Å²) in [5.41, 5.74) is 1.52. The molecule has 0 fully saturated rings. The zero-order chi connectivity index (χ0) is 14.0. The summed E-state index contributed by atoms with van der Waals surface area (Å²) in [6.45, 7) is 3.68. The van der Waals surface area contributed by atoms with Crippen molar-refractivity contribution in [2.45, 2.75) is 43.3 Å². The fraction of sp³-hybridized carbons (Fsp3) is 0.467. The van der Waals surface area contributed by atoms with Crippen LogP contribution in [0.5, 0.6) is 0 Å². The van der Waals surface area contributed by atoms with Gasteiger partial charge in [-0.3, -0.25) is 9.59 Å². The van der Waals surface area contributed by atoms with Gasteiger partial charge in [0.1, 0.15) is 0 Å². The predicted octanol–water partition coefficient (Wildman–Crippen LogP) is 3.52. The highest BCUT2D eigenvalue weighted by Crippen LogP contribution is 2.40. The van der Waals surface area contributed by atoms with Gasteiger partial charge >= 0.3 is 0 Å². The standard InChI is InChI=1S/C15H19NO2S/c1-4-5-6-14-15(18)16(3)12-9-11(10(2)17)7-8-13(12)19-14/h7-9,14H,4-6H2,1-3H3. The first-order chi connectivity index (χ1) is 9.04. The first kappa shape index (κ1) is 14.1. The zero-order valence-corrected chi connectivity index (χ0v) is 12.4. The summed E-state index contributed by atoms with van der Waals surface area (Å²) < 4.78 is 0.